The van der Waals surface area contributed by atoms with Crippen molar-refractivity contribution in [1.82, 2.24) is 4.90 Å². The van der Waals surface area contributed by atoms with Crippen LogP contribution in [0.1, 0.15) is 18.1 Å². The topological polar surface area (TPSA) is 20.3 Å². The van der Waals surface area contributed by atoms with Crippen LogP contribution in [-0.2, 0) is 10.1 Å². The van der Waals surface area contributed by atoms with E-state index in [-0.39, 0.29) is 6.04 Å². The molecular formula is C34H29NOP+. The number of hydrogen-bond donors (Lipinski definition) is 0. The first-order chi connectivity index (χ1) is 18.1. The lowest BCUT2D eigenvalue weighted by Gasteiger charge is -2.40. The van der Waals surface area contributed by atoms with Crippen molar-refractivity contribution in [2.24, 2.45) is 0 Å². The van der Waals surface area contributed by atoms with E-state index in [1.807, 2.05) is 72.8 Å². The molecule has 6 rings (SSSR count). The SMILES string of the molecule is CC1C=CC=C2C(c3ccccc3)=[C+][C@](CP(=O)(c3ccccc3)c3ccccc3)(c3ccccc3)N21. The Morgan fingerprint density at radius 3 is 1.84 bits per heavy atom. The third kappa shape index (κ3) is 4.00. The van der Waals surface area contributed by atoms with E-state index in [1.165, 1.54) is 0 Å². The van der Waals surface area contributed by atoms with Crippen LogP contribution in [0.25, 0.3) is 5.57 Å². The lowest BCUT2D eigenvalue weighted by molar-refractivity contribution is 0.185. The molecule has 0 radical (unpaired) electrons. The van der Waals surface area contributed by atoms with Gasteiger partial charge >= 0.3 is 0 Å². The van der Waals surface area contributed by atoms with Gasteiger partial charge in [0.2, 0.25) is 5.57 Å². The van der Waals surface area contributed by atoms with Gasteiger partial charge in [-0.05, 0) is 25.1 Å². The van der Waals surface area contributed by atoms with Crippen LogP contribution in [0.15, 0.2) is 145 Å². The fourth-order valence-electron chi connectivity index (χ4n) is 5.73. The molecule has 2 nitrogen and oxygen atoms in total. The van der Waals surface area contributed by atoms with E-state index in [1.54, 1.807) is 0 Å². The van der Waals surface area contributed by atoms with Crippen LogP contribution in [0.5, 0.6) is 0 Å². The molecule has 0 spiro atoms. The maximum Gasteiger partial charge on any atom is 0.217 e. The molecule has 0 saturated carbocycles. The van der Waals surface area contributed by atoms with Crippen molar-refractivity contribution in [1.29, 1.82) is 0 Å². The molecule has 2 aliphatic heterocycles. The van der Waals surface area contributed by atoms with Gasteiger partial charge in [0, 0.05) is 34.4 Å². The second kappa shape index (κ2) is 9.49. The third-order valence-electron chi connectivity index (χ3n) is 7.42. The van der Waals surface area contributed by atoms with Crippen molar-refractivity contribution in [3.05, 3.63) is 162 Å². The monoisotopic (exact) mass is 498 g/mol. The van der Waals surface area contributed by atoms with Gasteiger partial charge in [-0.2, -0.15) is 0 Å². The van der Waals surface area contributed by atoms with E-state index < -0.39 is 12.7 Å². The molecule has 0 fully saturated rings. The van der Waals surface area contributed by atoms with Gasteiger partial charge in [-0.1, -0.05) is 103 Å². The summed E-state index contributed by atoms with van der Waals surface area (Å²) < 4.78 is 15.5. The van der Waals surface area contributed by atoms with E-state index in [9.17, 15) is 0 Å². The maximum atomic E-state index is 15.5. The molecule has 2 heterocycles. The summed E-state index contributed by atoms with van der Waals surface area (Å²) in [5.41, 5.74) is 3.68. The van der Waals surface area contributed by atoms with Gasteiger partial charge < -0.3 is 4.57 Å². The Hall–Kier alpha value is -3.96. The zero-order chi connectivity index (χ0) is 25.3. The molecule has 4 aromatic rings. The summed E-state index contributed by atoms with van der Waals surface area (Å²) in [6, 6.07) is 41.0. The van der Waals surface area contributed by atoms with E-state index in [2.05, 4.69) is 84.7 Å². The van der Waals surface area contributed by atoms with E-state index in [0.29, 0.717) is 6.16 Å². The number of benzene rings is 4. The Balaban J connectivity index is 1.63. The number of nitrogens with zero attached hydrogens (tertiary/aromatic N) is 1. The standard InChI is InChI=1S/C34H29NOP/c1-27-15-14-24-33-32(28-16-6-2-7-17-28)25-34(35(27)33,29-18-8-3-9-19-29)26-37(36,30-20-10-4-11-21-30)31-22-12-5-13-23-31/h2-24,27H,26H2,1H3/q+1/t27?,34-/m0/s1. The van der Waals surface area contributed by atoms with Gasteiger partial charge in [-0.25, -0.2) is 0 Å². The van der Waals surface area contributed by atoms with Crippen molar-refractivity contribution < 1.29 is 4.57 Å². The van der Waals surface area contributed by atoms with Crippen LogP contribution < -0.4 is 10.6 Å². The van der Waals surface area contributed by atoms with Crippen molar-refractivity contribution in [3.8, 4) is 0 Å². The molecule has 180 valence electrons. The summed E-state index contributed by atoms with van der Waals surface area (Å²) in [6.45, 7) is 2.22. The predicted molar refractivity (Wildman–Crippen MR) is 154 cm³/mol. The van der Waals surface area contributed by atoms with Gasteiger partial charge in [0.25, 0.3) is 0 Å². The van der Waals surface area contributed by atoms with Crippen molar-refractivity contribution >= 4 is 23.3 Å². The summed E-state index contributed by atoms with van der Waals surface area (Å²) >= 11 is 0. The van der Waals surface area contributed by atoms with Crippen LogP contribution in [0, 0.1) is 6.08 Å². The molecule has 0 aromatic heterocycles. The first kappa shape index (κ1) is 23.4. The Bertz CT molecular complexity index is 1480. The molecule has 0 N–H and O–H groups in total. The number of allylic oxidation sites excluding steroid dienone is 3. The Labute approximate surface area is 219 Å². The van der Waals surface area contributed by atoms with Gasteiger partial charge in [0.1, 0.15) is 7.14 Å². The predicted octanol–water partition coefficient (Wildman–Crippen LogP) is 6.94. The highest BCUT2D eigenvalue weighted by Crippen LogP contribution is 2.56. The minimum atomic E-state index is -3.08. The van der Waals surface area contributed by atoms with Crippen LogP contribution in [0.4, 0.5) is 0 Å². The maximum absolute atomic E-state index is 15.5. The molecule has 2 aliphatic rings. The molecular weight excluding hydrogens is 469 g/mol. The second-order valence-electron chi connectivity index (χ2n) is 9.71. The first-order valence-corrected chi connectivity index (χ1v) is 14.7. The third-order valence-corrected chi connectivity index (χ3v) is 10.6. The highest BCUT2D eigenvalue weighted by Gasteiger charge is 2.57. The van der Waals surface area contributed by atoms with Crippen molar-refractivity contribution in [2.45, 2.75) is 18.5 Å². The molecule has 0 saturated heterocycles. The van der Waals surface area contributed by atoms with Crippen LogP contribution in [0.3, 0.4) is 0 Å². The van der Waals surface area contributed by atoms with Gasteiger partial charge in [-0.15, -0.1) is 0 Å². The summed E-state index contributed by atoms with van der Waals surface area (Å²) in [7, 11) is -3.08. The minimum absolute atomic E-state index is 0.105. The van der Waals surface area contributed by atoms with Crippen LogP contribution in [-0.4, -0.2) is 17.1 Å². The largest absolute Gasteiger partial charge is 0.313 e. The van der Waals surface area contributed by atoms with Crippen LogP contribution in [0.2, 0.25) is 0 Å². The second-order valence-corrected chi connectivity index (χ2v) is 12.5. The zero-order valence-electron chi connectivity index (χ0n) is 20.9. The van der Waals surface area contributed by atoms with Crippen molar-refractivity contribution in [3.63, 3.8) is 0 Å². The molecule has 4 aromatic carbocycles. The number of fused-ring (bicyclic) bond motifs is 1. The van der Waals surface area contributed by atoms with Crippen LogP contribution >= 0.6 is 7.14 Å². The number of hydrogen-bond acceptors (Lipinski definition) is 2. The Morgan fingerprint density at radius 2 is 1.27 bits per heavy atom. The molecule has 2 atom stereocenters. The highest BCUT2D eigenvalue weighted by molar-refractivity contribution is 7.78. The number of rotatable bonds is 6. The lowest BCUT2D eigenvalue weighted by atomic mass is 9.89. The molecule has 0 amide bonds. The van der Waals surface area contributed by atoms with Gasteiger partial charge in [0.05, 0.1) is 23.8 Å². The summed E-state index contributed by atoms with van der Waals surface area (Å²) in [5.74, 6) is 0. The Kier molecular flexibility index (Phi) is 6.01. The van der Waals surface area contributed by atoms with E-state index >= 15 is 4.57 Å². The summed E-state index contributed by atoms with van der Waals surface area (Å²) in [5, 5.41) is 1.74. The highest BCUT2D eigenvalue weighted by atomic mass is 31.2. The van der Waals surface area contributed by atoms with E-state index in [0.717, 1.165) is 33.0 Å². The van der Waals surface area contributed by atoms with Gasteiger partial charge in [-0.3, -0.25) is 4.90 Å². The molecule has 0 aliphatic carbocycles. The van der Waals surface area contributed by atoms with E-state index in [4.69, 9.17) is 0 Å². The smallest absolute Gasteiger partial charge is 0.217 e. The molecule has 37 heavy (non-hydrogen) atoms. The quantitative estimate of drug-likeness (QED) is 0.212. The fourth-order valence-corrected chi connectivity index (χ4v) is 8.76. The Morgan fingerprint density at radius 1 is 0.757 bits per heavy atom. The van der Waals surface area contributed by atoms with Gasteiger partial charge in [0.15, 0.2) is 11.2 Å². The normalized spacial score (nSPS) is 20.6. The average Bonchev–Trinajstić information content (AvgIpc) is 3.31. The van der Waals surface area contributed by atoms with Crippen molar-refractivity contribution in [2.75, 3.05) is 6.16 Å². The summed E-state index contributed by atoms with van der Waals surface area (Å²) in [6.07, 6.45) is 10.9. The minimum Gasteiger partial charge on any atom is -0.313 e. The molecule has 0 bridgehead atoms. The fraction of sp³-hybridized carbons (Fsp3) is 0.118. The lowest BCUT2D eigenvalue weighted by Crippen LogP contribution is -2.49. The first-order valence-electron chi connectivity index (χ1n) is 12.8. The molecule has 3 heteroatoms. The summed E-state index contributed by atoms with van der Waals surface area (Å²) in [4.78, 5) is 2.43. The zero-order valence-corrected chi connectivity index (χ0v) is 21.8. The molecule has 1 unspecified atom stereocenters. The average molecular weight is 499 g/mol.